The maximum Gasteiger partial charge on any atom is 0.227 e. The lowest BCUT2D eigenvalue weighted by molar-refractivity contribution is -0.482. The van der Waals surface area contributed by atoms with E-state index in [-0.39, 0.29) is 17.3 Å². The molecule has 2 aromatic carbocycles. The van der Waals surface area contributed by atoms with Crippen LogP contribution in [0.1, 0.15) is 17.2 Å². The highest BCUT2D eigenvalue weighted by molar-refractivity contribution is 5.46. The number of hydrogen-bond donors (Lipinski definition) is 1. The number of rotatable bonds is 5. The summed E-state index contributed by atoms with van der Waals surface area (Å²) in [6, 6.07) is 12.9. The Morgan fingerprint density at radius 2 is 2.00 bits per heavy atom. The molecule has 0 saturated carbocycles. The van der Waals surface area contributed by atoms with Crippen LogP contribution in [0.15, 0.2) is 48.5 Å². The van der Waals surface area contributed by atoms with E-state index in [1.54, 1.807) is 12.1 Å². The van der Waals surface area contributed by atoms with Gasteiger partial charge in [0.2, 0.25) is 6.54 Å². The Balaban J connectivity index is 2.26. The molecule has 0 heterocycles. The Labute approximate surface area is 116 Å². The van der Waals surface area contributed by atoms with Crippen LogP contribution >= 0.6 is 0 Å². The van der Waals surface area contributed by atoms with E-state index in [2.05, 4.69) is 5.32 Å². The number of nitro groups is 1. The Bertz CT molecular complexity index is 616. The topological polar surface area (TPSA) is 55.2 Å². The van der Waals surface area contributed by atoms with Crippen LogP contribution in [-0.2, 0) is 0 Å². The monoisotopic (exact) mass is 274 g/mol. The van der Waals surface area contributed by atoms with Gasteiger partial charge in [-0.3, -0.25) is 10.1 Å². The Morgan fingerprint density at radius 3 is 2.65 bits per heavy atom. The van der Waals surface area contributed by atoms with E-state index in [0.29, 0.717) is 5.69 Å². The molecule has 0 spiro atoms. The van der Waals surface area contributed by atoms with Gasteiger partial charge in [0.25, 0.3) is 0 Å². The van der Waals surface area contributed by atoms with E-state index in [1.165, 1.54) is 12.1 Å². The molecule has 1 N–H and O–H groups in total. The summed E-state index contributed by atoms with van der Waals surface area (Å²) in [5.74, 6) is -0.376. The lowest BCUT2D eigenvalue weighted by Crippen LogP contribution is -2.20. The quantitative estimate of drug-likeness (QED) is 0.670. The summed E-state index contributed by atoms with van der Waals surface area (Å²) in [4.78, 5) is 10.4. The second kappa shape index (κ2) is 6.14. The van der Waals surface area contributed by atoms with E-state index in [1.807, 2.05) is 31.2 Å². The molecule has 20 heavy (non-hydrogen) atoms. The van der Waals surface area contributed by atoms with Gasteiger partial charge in [-0.15, -0.1) is 0 Å². The second-order valence-electron chi connectivity index (χ2n) is 4.64. The van der Waals surface area contributed by atoms with Crippen LogP contribution in [0.3, 0.4) is 0 Å². The van der Waals surface area contributed by atoms with E-state index in [4.69, 9.17) is 0 Å². The molecule has 0 radical (unpaired) electrons. The van der Waals surface area contributed by atoms with E-state index in [0.717, 1.165) is 11.1 Å². The van der Waals surface area contributed by atoms with Crippen molar-refractivity contribution in [2.75, 3.05) is 11.9 Å². The molecule has 2 aromatic rings. The molecule has 5 heteroatoms. The summed E-state index contributed by atoms with van der Waals surface area (Å²) < 4.78 is 13.2. The predicted octanol–water partition coefficient (Wildman–Crippen LogP) is 3.56. The van der Waals surface area contributed by atoms with Gasteiger partial charge >= 0.3 is 0 Å². The first-order chi connectivity index (χ1) is 9.54. The van der Waals surface area contributed by atoms with Crippen molar-refractivity contribution in [3.8, 4) is 0 Å². The van der Waals surface area contributed by atoms with Crippen molar-refractivity contribution in [3.05, 3.63) is 75.6 Å². The van der Waals surface area contributed by atoms with Crippen molar-refractivity contribution >= 4 is 5.69 Å². The standard InChI is InChI=1S/C15H15FN2O2/c1-11-4-2-5-12(8-11)15(10-18(19)20)17-14-7-3-6-13(16)9-14/h2-9,15,17H,10H2,1H3. The van der Waals surface area contributed by atoms with Crippen molar-refractivity contribution in [1.82, 2.24) is 0 Å². The van der Waals surface area contributed by atoms with Crippen molar-refractivity contribution in [2.24, 2.45) is 0 Å². The lowest BCUT2D eigenvalue weighted by Gasteiger charge is -2.17. The number of hydrogen-bond acceptors (Lipinski definition) is 3. The highest BCUT2D eigenvalue weighted by atomic mass is 19.1. The van der Waals surface area contributed by atoms with Gasteiger partial charge in [0.15, 0.2) is 0 Å². The third-order valence-electron chi connectivity index (χ3n) is 2.94. The first-order valence-electron chi connectivity index (χ1n) is 6.25. The molecule has 0 aliphatic rings. The fourth-order valence-electron chi connectivity index (χ4n) is 2.05. The minimum absolute atomic E-state index is 0.264. The molecule has 0 aromatic heterocycles. The molecule has 0 amide bonds. The molecule has 0 aliphatic carbocycles. The summed E-state index contributed by atoms with van der Waals surface area (Å²) in [7, 11) is 0. The maximum absolute atomic E-state index is 13.2. The summed E-state index contributed by atoms with van der Waals surface area (Å²) >= 11 is 0. The van der Waals surface area contributed by atoms with Gasteiger partial charge in [0, 0.05) is 10.6 Å². The zero-order valence-electron chi connectivity index (χ0n) is 11.0. The third kappa shape index (κ3) is 3.78. The Hall–Kier alpha value is -2.43. The van der Waals surface area contributed by atoms with Crippen molar-refractivity contribution in [3.63, 3.8) is 0 Å². The molecule has 1 unspecified atom stereocenters. The van der Waals surface area contributed by atoms with Gasteiger partial charge in [0.05, 0.1) is 0 Å². The van der Waals surface area contributed by atoms with Crippen molar-refractivity contribution < 1.29 is 9.31 Å². The van der Waals surface area contributed by atoms with E-state index >= 15 is 0 Å². The maximum atomic E-state index is 13.2. The molecule has 2 rings (SSSR count). The average Bonchev–Trinajstić information content (AvgIpc) is 2.37. The molecular formula is C15H15FN2O2. The predicted molar refractivity (Wildman–Crippen MR) is 75.8 cm³/mol. The molecule has 0 bridgehead atoms. The number of nitrogens with one attached hydrogen (secondary N) is 1. The minimum Gasteiger partial charge on any atom is -0.372 e. The van der Waals surface area contributed by atoms with Crippen LogP contribution in [-0.4, -0.2) is 11.5 Å². The van der Waals surface area contributed by atoms with Crippen LogP contribution in [0, 0.1) is 22.9 Å². The summed E-state index contributed by atoms with van der Waals surface area (Å²) in [5.41, 5.74) is 2.36. The number of anilines is 1. The fourth-order valence-corrected chi connectivity index (χ4v) is 2.05. The number of aryl methyl sites for hydroxylation is 1. The SMILES string of the molecule is Cc1cccc(C(C[N+](=O)[O-])Nc2cccc(F)c2)c1. The van der Waals surface area contributed by atoms with Gasteiger partial charge in [-0.05, 0) is 30.7 Å². The lowest BCUT2D eigenvalue weighted by atomic mass is 10.0. The van der Waals surface area contributed by atoms with Crippen LogP contribution in [0.5, 0.6) is 0 Å². The van der Waals surface area contributed by atoms with Crippen LogP contribution in [0.4, 0.5) is 10.1 Å². The van der Waals surface area contributed by atoms with Gasteiger partial charge in [-0.2, -0.15) is 0 Å². The molecular weight excluding hydrogens is 259 g/mol. The van der Waals surface area contributed by atoms with Crippen molar-refractivity contribution in [1.29, 1.82) is 0 Å². The highest BCUT2D eigenvalue weighted by Crippen LogP contribution is 2.21. The van der Waals surface area contributed by atoms with Gasteiger partial charge < -0.3 is 5.32 Å². The van der Waals surface area contributed by atoms with Crippen molar-refractivity contribution in [2.45, 2.75) is 13.0 Å². The minimum atomic E-state index is -0.494. The van der Waals surface area contributed by atoms with Crippen LogP contribution < -0.4 is 5.32 Å². The molecule has 104 valence electrons. The van der Waals surface area contributed by atoms with Gasteiger partial charge in [-0.1, -0.05) is 35.9 Å². The van der Waals surface area contributed by atoms with E-state index < -0.39 is 6.04 Å². The molecule has 1 atom stereocenters. The van der Waals surface area contributed by atoms with Gasteiger partial charge in [0.1, 0.15) is 11.9 Å². The van der Waals surface area contributed by atoms with Gasteiger partial charge in [-0.25, -0.2) is 4.39 Å². The number of benzene rings is 2. The molecule has 0 fully saturated rings. The highest BCUT2D eigenvalue weighted by Gasteiger charge is 2.17. The smallest absolute Gasteiger partial charge is 0.227 e. The molecule has 0 saturated heterocycles. The summed E-state index contributed by atoms with van der Waals surface area (Å²) in [6.45, 7) is 1.66. The number of halogens is 1. The third-order valence-corrected chi connectivity index (χ3v) is 2.94. The first-order valence-corrected chi connectivity index (χ1v) is 6.25. The average molecular weight is 274 g/mol. The normalized spacial score (nSPS) is 11.9. The summed E-state index contributed by atoms with van der Waals surface area (Å²) in [6.07, 6.45) is 0. The Kier molecular flexibility index (Phi) is 4.30. The van der Waals surface area contributed by atoms with Crippen LogP contribution in [0.25, 0.3) is 0 Å². The Morgan fingerprint density at radius 1 is 1.25 bits per heavy atom. The fraction of sp³-hybridized carbons (Fsp3) is 0.200. The van der Waals surface area contributed by atoms with E-state index in [9.17, 15) is 14.5 Å². The zero-order chi connectivity index (χ0) is 14.5. The molecule has 4 nitrogen and oxygen atoms in total. The van der Waals surface area contributed by atoms with Crippen LogP contribution in [0.2, 0.25) is 0 Å². The second-order valence-corrected chi connectivity index (χ2v) is 4.64. The summed E-state index contributed by atoms with van der Waals surface area (Å²) in [5, 5.41) is 13.8. The molecule has 0 aliphatic heterocycles. The number of nitrogens with zero attached hydrogens (tertiary/aromatic N) is 1. The largest absolute Gasteiger partial charge is 0.372 e. The zero-order valence-corrected chi connectivity index (χ0v) is 11.0. The first kappa shape index (κ1) is 14.0.